The van der Waals surface area contributed by atoms with Crippen LogP contribution in [0.5, 0.6) is 11.5 Å². The minimum Gasteiger partial charge on any atom is -0.497 e. The Labute approximate surface area is 81.3 Å². The summed E-state index contributed by atoms with van der Waals surface area (Å²) in [6.45, 7) is 0. The fourth-order valence-electron chi connectivity index (χ4n) is 0.887. The van der Waals surface area contributed by atoms with Gasteiger partial charge in [-0.05, 0) is 18.2 Å². The van der Waals surface area contributed by atoms with Crippen molar-refractivity contribution >= 4 is 11.6 Å². The Morgan fingerprint density at radius 1 is 1.50 bits per heavy atom. The lowest BCUT2D eigenvalue weighted by Gasteiger charge is -2.07. The molecule has 12 heavy (non-hydrogen) atoms. The molecule has 0 aliphatic carbocycles. The van der Waals surface area contributed by atoms with E-state index in [4.69, 9.17) is 25.2 Å². The van der Waals surface area contributed by atoms with Gasteiger partial charge in [-0.1, -0.05) is 0 Å². The monoisotopic (exact) mass is 189 g/mol. The highest BCUT2D eigenvalue weighted by Crippen LogP contribution is 2.24. The van der Waals surface area contributed by atoms with Crippen molar-refractivity contribution < 1.29 is 13.6 Å². The quantitative estimate of drug-likeness (QED) is 0.680. The van der Waals surface area contributed by atoms with E-state index >= 15 is 0 Å². The van der Waals surface area contributed by atoms with Crippen LogP contribution in [0.1, 0.15) is 9.68 Å². The molecule has 1 rings (SSSR count). The van der Waals surface area contributed by atoms with E-state index < -0.39 is 7.04 Å². The fraction of sp³-hybridized carbons (Fsp3) is 0.333. The molecular formula is C9H11ClO2. The average Bonchev–Trinajstić information content (AvgIpc) is 2.16. The summed E-state index contributed by atoms with van der Waals surface area (Å²) >= 11 is 5.67. The summed E-state index contributed by atoms with van der Waals surface area (Å²) in [6.07, 6.45) is 0. The second-order valence-electron chi connectivity index (χ2n) is 2.21. The number of alkyl halides is 1. The van der Waals surface area contributed by atoms with Crippen LogP contribution in [0.3, 0.4) is 0 Å². The standard InChI is InChI=1S/C9H11ClO2/c1-11-8-3-4-9(12-2)7(5-8)6-10/h3-5H,6H2,1-2H3/i2D3. The highest BCUT2D eigenvalue weighted by Gasteiger charge is 2.02. The first kappa shape index (κ1) is 5.70. The van der Waals surface area contributed by atoms with Gasteiger partial charge in [0.05, 0.1) is 24.1 Å². The Bertz CT molecular complexity index is 339. The second kappa shape index (κ2) is 4.21. The summed E-state index contributed by atoms with van der Waals surface area (Å²) in [5, 5.41) is 0. The van der Waals surface area contributed by atoms with E-state index in [1.165, 1.54) is 13.2 Å². The summed E-state index contributed by atoms with van der Waals surface area (Å²) in [7, 11) is -0.937. The third-order valence-corrected chi connectivity index (χ3v) is 1.81. The molecule has 0 bridgehead atoms. The molecule has 0 saturated carbocycles. The molecule has 0 saturated heterocycles. The summed E-state index contributed by atoms with van der Waals surface area (Å²) in [4.78, 5) is 0. The third kappa shape index (κ3) is 1.83. The molecule has 0 aliphatic rings. The zero-order chi connectivity index (χ0) is 11.5. The van der Waals surface area contributed by atoms with Gasteiger partial charge in [0.1, 0.15) is 11.5 Å². The average molecular weight is 190 g/mol. The van der Waals surface area contributed by atoms with Crippen LogP contribution in [-0.4, -0.2) is 14.1 Å². The molecule has 0 fully saturated rings. The van der Waals surface area contributed by atoms with Crippen LogP contribution >= 0.6 is 11.6 Å². The molecule has 0 amide bonds. The van der Waals surface area contributed by atoms with Gasteiger partial charge in [0.2, 0.25) is 0 Å². The zero-order valence-electron chi connectivity index (χ0n) is 9.63. The molecule has 0 heterocycles. The van der Waals surface area contributed by atoms with E-state index in [0.717, 1.165) is 0 Å². The van der Waals surface area contributed by atoms with Crippen molar-refractivity contribution in [1.82, 2.24) is 0 Å². The molecule has 1 aromatic carbocycles. The summed E-state index contributed by atoms with van der Waals surface area (Å²) < 4.78 is 30.7. The van der Waals surface area contributed by atoms with Crippen molar-refractivity contribution in [1.29, 1.82) is 0 Å². The highest BCUT2D eigenvalue weighted by atomic mass is 35.5. The molecular weight excluding hydrogens is 176 g/mol. The van der Waals surface area contributed by atoms with Gasteiger partial charge in [-0.2, -0.15) is 0 Å². The number of halogens is 1. The van der Waals surface area contributed by atoms with Gasteiger partial charge in [0.15, 0.2) is 0 Å². The van der Waals surface area contributed by atoms with Gasteiger partial charge in [-0.3, -0.25) is 0 Å². The van der Waals surface area contributed by atoms with Crippen molar-refractivity contribution in [3.63, 3.8) is 0 Å². The first-order valence-corrected chi connectivity index (χ1v) is 3.91. The van der Waals surface area contributed by atoms with Gasteiger partial charge in [-0.15, -0.1) is 11.6 Å². The summed E-state index contributed by atoms with van der Waals surface area (Å²) in [5.41, 5.74) is 0.590. The molecule has 0 aliphatic heterocycles. The van der Waals surface area contributed by atoms with Crippen LogP contribution in [0.2, 0.25) is 0 Å². The van der Waals surface area contributed by atoms with Gasteiger partial charge >= 0.3 is 0 Å². The SMILES string of the molecule is [2H]C([2H])([2H])Oc1ccc(OC)cc1CCl. The minimum absolute atomic E-state index is 0.169. The molecule has 0 spiro atoms. The van der Waals surface area contributed by atoms with Crippen LogP contribution in [0, 0.1) is 0 Å². The van der Waals surface area contributed by atoms with E-state index in [1.54, 1.807) is 12.1 Å². The largest absolute Gasteiger partial charge is 0.497 e. The number of hydrogen-bond donors (Lipinski definition) is 0. The first-order valence-electron chi connectivity index (χ1n) is 4.88. The van der Waals surface area contributed by atoms with Gasteiger partial charge in [0, 0.05) is 5.56 Å². The lowest BCUT2D eigenvalue weighted by Crippen LogP contribution is -1.90. The molecule has 1 aromatic rings. The van der Waals surface area contributed by atoms with Crippen LogP contribution < -0.4 is 9.47 Å². The number of benzene rings is 1. The van der Waals surface area contributed by atoms with Crippen molar-refractivity contribution in [2.75, 3.05) is 14.1 Å². The van der Waals surface area contributed by atoms with Crippen LogP contribution in [0.25, 0.3) is 0 Å². The van der Waals surface area contributed by atoms with E-state index in [9.17, 15) is 0 Å². The second-order valence-corrected chi connectivity index (χ2v) is 2.48. The van der Waals surface area contributed by atoms with E-state index in [2.05, 4.69) is 0 Å². The molecule has 3 heteroatoms. The maximum absolute atomic E-state index is 6.98. The number of ether oxygens (including phenoxy) is 2. The minimum atomic E-state index is -2.46. The summed E-state index contributed by atoms with van der Waals surface area (Å²) in [6, 6.07) is 4.80. The smallest absolute Gasteiger partial charge is 0.123 e. The normalized spacial score (nSPS) is 14.3. The number of hydrogen-bond acceptors (Lipinski definition) is 2. The van der Waals surface area contributed by atoms with Gasteiger partial charge < -0.3 is 9.47 Å². The fourth-order valence-corrected chi connectivity index (χ4v) is 1.10. The maximum Gasteiger partial charge on any atom is 0.123 e. The Balaban J connectivity index is 2.97. The number of rotatable bonds is 3. The van der Waals surface area contributed by atoms with Crippen molar-refractivity contribution in [2.24, 2.45) is 0 Å². The van der Waals surface area contributed by atoms with Crippen LogP contribution in [0.4, 0.5) is 0 Å². The van der Waals surface area contributed by atoms with E-state index in [-0.39, 0.29) is 11.6 Å². The van der Waals surface area contributed by atoms with Crippen molar-refractivity contribution in [2.45, 2.75) is 5.88 Å². The number of methoxy groups -OCH3 is 2. The Hall–Kier alpha value is -0.890. The highest BCUT2D eigenvalue weighted by molar-refractivity contribution is 6.17. The van der Waals surface area contributed by atoms with Gasteiger partial charge in [-0.25, -0.2) is 0 Å². The summed E-state index contributed by atoms with van der Waals surface area (Å²) in [5.74, 6) is 1.04. The van der Waals surface area contributed by atoms with E-state index in [0.29, 0.717) is 11.3 Å². The predicted octanol–water partition coefficient (Wildman–Crippen LogP) is 2.44. The van der Waals surface area contributed by atoms with Crippen molar-refractivity contribution in [3.8, 4) is 11.5 Å². The molecule has 0 aromatic heterocycles. The van der Waals surface area contributed by atoms with Crippen LogP contribution in [0.15, 0.2) is 18.2 Å². The van der Waals surface area contributed by atoms with E-state index in [1.807, 2.05) is 0 Å². The molecule has 2 nitrogen and oxygen atoms in total. The topological polar surface area (TPSA) is 18.5 Å². The molecule has 0 unspecified atom stereocenters. The molecule has 0 N–H and O–H groups in total. The zero-order valence-corrected chi connectivity index (χ0v) is 7.39. The Kier molecular flexibility index (Phi) is 2.00. The molecule has 0 radical (unpaired) electrons. The molecule has 0 atom stereocenters. The van der Waals surface area contributed by atoms with Gasteiger partial charge in [0.25, 0.3) is 0 Å². The molecule has 66 valence electrons. The van der Waals surface area contributed by atoms with Crippen molar-refractivity contribution in [3.05, 3.63) is 23.8 Å². The Morgan fingerprint density at radius 3 is 2.92 bits per heavy atom. The first-order chi connectivity index (χ1) is 6.96. The lowest BCUT2D eigenvalue weighted by atomic mass is 10.2. The maximum atomic E-state index is 6.98. The Morgan fingerprint density at radius 2 is 2.33 bits per heavy atom. The van der Waals surface area contributed by atoms with Crippen LogP contribution in [-0.2, 0) is 5.88 Å². The lowest BCUT2D eigenvalue weighted by molar-refractivity contribution is 0.400. The predicted molar refractivity (Wildman–Crippen MR) is 49.1 cm³/mol. The third-order valence-electron chi connectivity index (χ3n) is 1.52.